The van der Waals surface area contributed by atoms with Crippen LogP contribution in [0.5, 0.6) is 0 Å². The standard InChI is InChI=1S/C17H14F5N7O/c18-8-1-10-11(4-24-13(10)23-3-8)14-26-7-27-16(28-14)29-5-9(19)2-12(29)15(30)25-6-17(20,21)22/h1,3-4,7,9,12H,2,5-6H2,(H,23,24)(H,25,30)/t9-,12-/m0/s1. The third-order valence-electron chi connectivity index (χ3n) is 4.57. The Morgan fingerprint density at radius 1 is 1.30 bits per heavy atom. The normalized spacial score (nSPS) is 19.4. The second kappa shape index (κ2) is 7.46. The molecule has 0 spiro atoms. The third-order valence-corrected chi connectivity index (χ3v) is 4.57. The van der Waals surface area contributed by atoms with Gasteiger partial charge in [0.15, 0.2) is 5.82 Å². The highest BCUT2D eigenvalue weighted by atomic mass is 19.4. The number of aromatic amines is 1. The van der Waals surface area contributed by atoms with E-state index in [0.717, 1.165) is 12.5 Å². The number of hydrogen-bond acceptors (Lipinski definition) is 6. The number of aromatic nitrogens is 5. The van der Waals surface area contributed by atoms with Crippen LogP contribution in [-0.2, 0) is 4.79 Å². The SMILES string of the molecule is O=C(NCC(F)(F)F)[C@@H]1C[C@H](F)CN1c1ncnc(-c2c[nH]c3ncc(F)cc23)n1. The van der Waals surface area contributed by atoms with Gasteiger partial charge >= 0.3 is 6.18 Å². The van der Waals surface area contributed by atoms with Crippen molar-refractivity contribution in [1.29, 1.82) is 0 Å². The number of amides is 1. The molecule has 0 unspecified atom stereocenters. The number of halogens is 5. The van der Waals surface area contributed by atoms with Crippen LogP contribution in [0.3, 0.4) is 0 Å². The van der Waals surface area contributed by atoms with Crippen molar-refractivity contribution in [3.63, 3.8) is 0 Å². The maximum absolute atomic E-state index is 14.0. The van der Waals surface area contributed by atoms with Crippen LogP contribution in [0, 0.1) is 5.82 Å². The highest BCUT2D eigenvalue weighted by molar-refractivity contribution is 5.91. The number of hydrogen-bond donors (Lipinski definition) is 2. The lowest BCUT2D eigenvalue weighted by Crippen LogP contribution is -2.46. The van der Waals surface area contributed by atoms with Crippen molar-refractivity contribution < 1.29 is 26.7 Å². The minimum absolute atomic E-state index is 0.0778. The highest BCUT2D eigenvalue weighted by Gasteiger charge is 2.40. The molecule has 4 heterocycles. The zero-order valence-electron chi connectivity index (χ0n) is 15.1. The van der Waals surface area contributed by atoms with Crippen LogP contribution >= 0.6 is 0 Å². The van der Waals surface area contributed by atoms with Gasteiger partial charge in [-0.1, -0.05) is 0 Å². The minimum Gasteiger partial charge on any atom is -0.345 e. The Morgan fingerprint density at radius 2 is 2.10 bits per heavy atom. The first-order valence-electron chi connectivity index (χ1n) is 8.78. The fourth-order valence-corrected chi connectivity index (χ4v) is 3.28. The average molecular weight is 427 g/mol. The van der Waals surface area contributed by atoms with E-state index in [9.17, 15) is 26.7 Å². The van der Waals surface area contributed by atoms with E-state index in [1.807, 2.05) is 0 Å². The van der Waals surface area contributed by atoms with E-state index in [2.05, 4.69) is 24.9 Å². The molecule has 158 valence electrons. The van der Waals surface area contributed by atoms with Crippen LogP contribution in [0.25, 0.3) is 22.4 Å². The van der Waals surface area contributed by atoms with Gasteiger partial charge in [0.05, 0.1) is 12.7 Å². The maximum Gasteiger partial charge on any atom is 0.405 e. The molecule has 3 aromatic heterocycles. The molecule has 1 saturated heterocycles. The van der Waals surface area contributed by atoms with Gasteiger partial charge in [0.25, 0.3) is 0 Å². The van der Waals surface area contributed by atoms with Crippen molar-refractivity contribution in [1.82, 2.24) is 30.2 Å². The Balaban J connectivity index is 1.63. The van der Waals surface area contributed by atoms with Gasteiger partial charge in [0.1, 0.15) is 36.5 Å². The summed E-state index contributed by atoms with van der Waals surface area (Å²) in [6.45, 7) is -1.79. The molecule has 0 aliphatic carbocycles. The summed E-state index contributed by atoms with van der Waals surface area (Å²) in [5.41, 5.74) is 0.789. The molecule has 0 bridgehead atoms. The zero-order chi connectivity index (χ0) is 21.5. The predicted octanol–water partition coefficient (Wildman–Crippen LogP) is 2.15. The average Bonchev–Trinajstić information content (AvgIpc) is 3.29. The van der Waals surface area contributed by atoms with E-state index < -0.39 is 36.7 Å². The van der Waals surface area contributed by atoms with Crippen molar-refractivity contribution in [2.24, 2.45) is 0 Å². The summed E-state index contributed by atoms with van der Waals surface area (Å²) in [7, 11) is 0. The first-order valence-corrected chi connectivity index (χ1v) is 8.78. The summed E-state index contributed by atoms with van der Waals surface area (Å²) < 4.78 is 64.8. The van der Waals surface area contributed by atoms with Crippen LogP contribution in [0.4, 0.5) is 27.9 Å². The van der Waals surface area contributed by atoms with E-state index in [0.29, 0.717) is 16.6 Å². The third kappa shape index (κ3) is 4.00. The molecular formula is C17H14F5N7O. The number of rotatable bonds is 4. The maximum atomic E-state index is 14.0. The summed E-state index contributed by atoms with van der Waals surface area (Å²) in [5.74, 6) is -1.52. The van der Waals surface area contributed by atoms with Gasteiger partial charge in [-0.2, -0.15) is 18.2 Å². The van der Waals surface area contributed by atoms with Crippen LogP contribution in [0.15, 0.2) is 24.8 Å². The number of H-pyrrole nitrogens is 1. The number of alkyl halides is 4. The summed E-state index contributed by atoms with van der Waals surface area (Å²) >= 11 is 0. The monoisotopic (exact) mass is 427 g/mol. The second-order valence-corrected chi connectivity index (χ2v) is 6.70. The Kier molecular flexibility index (Phi) is 4.95. The van der Waals surface area contributed by atoms with Gasteiger partial charge in [-0.25, -0.2) is 23.7 Å². The molecule has 1 fully saturated rings. The van der Waals surface area contributed by atoms with E-state index in [1.165, 1.54) is 17.2 Å². The molecule has 1 aliphatic rings. The second-order valence-electron chi connectivity index (χ2n) is 6.70. The summed E-state index contributed by atoms with van der Waals surface area (Å²) in [6.07, 6.45) is -2.67. The number of nitrogens with zero attached hydrogens (tertiary/aromatic N) is 5. The molecule has 4 rings (SSSR count). The molecule has 0 aromatic carbocycles. The first-order chi connectivity index (χ1) is 14.2. The Morgan fingerprint density at radius 3 is 2.87 bits per heavy atom. The fraction of sp³-hybridized carbons (Fsp3) is 0.353. The molecular weight excluding hydrogens is 413 g/mol. The van der Waals surface area contributed by atoms with Crippen molar-refractivity contribution in [2.45, 2.75) is 24.8 Å². The number of nitrogens with one attached hydrogen (secondary N) is 2. The number of pyridine rings is 1. The van der Waals surface area contributed by atoms with Gasteiger partial charge in [-0.15, -0.1) is 0 Å². The molecule has 30 heavy (non-hydrogen) atoms. The lowest BCUT2D eigenvalue weighted by molar-refractivity contribution is -0.139. The van der Waals surface area contributed by atoms with Crippen molar-refractivity contribution in [2.75, 3.05) is 18.0 Å². The summed E-state index contributed by atoms with van der Waals surface area (Å²) in [4.78, 5) is 32.3. The van der Waals surface area contributed by atoms with E-state index >= 15 is 0 Å². The lowest BCUT2D eigenvalue weighted by Gasteiger charge is -2.23. The molecule has 2 atom stereocenters. The molecule has 0 saturated carbocycles. The van der Waals surface area contributed by atoms with Crippen LogP contribution < -0.4 is 10.2 Å². The van der Waals surface area contributed by atoms with E-state index in [1.54, 1.807) is 5.32 Å². The van der Waals surface area contributed by atoms with Crippen LogP contribution in [0.1, 0.15) is 6.42 Å². The number of carbonyl (C=O) groups is 1. The van der Waals surface area contributed by atoms with Crippen molar-refractivity contribution >= 4 is 22.9 Å². The number of carbonyl (C=O) groups excluding carboxylic acids is 1. The van der Waals surface area contributed by atoms with E-state index in [-0.39, 0.29) is 24.7 Å². The first kappa shape index (κ1) is 19.9. The Labute approximate surface area is 165 Å². The molecule has 8 nitrogen and oxygen atoms in total. The topological polar surface area (TPSA) is 99.7 Å². The largest absolute Gasteiger partial charge is 0.405 e. The predicted molar refractivity (Wildman–Crippen MR) is 94.6 cm³/mol. The summed E-state index contributed by atoms with van der Waals surface area (Å²) in [5, 5.41) is 2.16. The molecule has 3 aromatic rings. The number of fused-ring (bicyclic) bond motifs is 1. The van der Waals surface area contributed by atoms with E-state index in [4.69, 9.17) is 0 Å². The quantitative estimate of drug-likeness (QED) is 0.619. The molecule has 13 heteroatoms. The molecule has 2 N–H and O–H groups in total. The number of anilines is 1. The summed E-state index contributed by atoms with van der Waals surface area (Å²) in [6, 6.07) is 0.0260. The van der Waals surface area contributed by atoms with Gasteiger partial charge in [-0.3, -0.25) is 4.79 Å². The van der Waals surface area contributed by atoms with Gasteiger partial charge < -0.3 is 15.2 Å². The molecule has 1 amide bonds. The smallest absolute Gasteiger partial charge is 0.345 e. The Hall–Kier alpha value is -3.38. The fourth-order valence-electron chi connectivity index (χ4n) is 3.28. The van der Waals surface area contributed by atoms with Gasteiger partial charge in [0.2, 0.25) is 11.9 Å². The lowest BCUT2D eigenvalue weighted by atomic mass is 10.2. The van der Waals surface area contributed by atoms with Gasteiger partial charge in [0, 0.05) is 23.6 Å². The van der Waals surface area contributed by atoms with Crippen LogP contribution in [-0.4, -0.2) is 62.3 Å². The Bertz CT molecular complexity index is 1090. The van der Waals surface area contributed by atoms with Crippen molar-refractivity contribution in [3.8, 4) is 11.4 Å². The van der Waals surface area contributed by atoms with Gasteiger partial charge in [-0.05, 0) is 6.07 Å². The molecule has 0 radical (unpaired) electrons. The van der Waals surface area contributed by atoms with Crippen LogP contribution in [0.2, 0.25) is 0 Å². The zero-order valence-corrected chi connectivity index (χ0v) is 15.1. The van der Waals surface area contributed by atoms with Crippen molar-refractivity contribution in [3.05, 3.63) is 30.6 Å². The highest BCUT2D eigenvalue weighted by Crippen LogP contribution is 2.29. The molecule has 1 aliphatic heterocycles. The minimum atomic E-state index is -4.59.